The minimum absolute atomic E-state index is 0.271. The molecule has 1 aromatic rings. The lowest BCUT2D eigenvalue weighted by Crippen LogP contribution is -2.16. The topological polar surface area (TPSA) is 17.1 Å². The van der Waals surface area contributed by atoms with Gasteiger partial charge >= 0.3 is 0 Å². The Morgan fingerprint density at radius 1 is 1.24 bits per heavy atom. The number of fused-ring (bicyclic) bond motifs is 1. The highest BCUT2D eigenvalue weighted by atomic mass is 32.2. The Morgan fingerprint density at radius 3 is 2.71 bits per heavy atom. The SMILES string of the molecule is C[Si](C)(C)C#Cc1ccc2c(c1)SC(=O)CC2. The van der Waals surface area contributed by atoms with Gasteiger partial charge in [-0.25, -0.2) is 0 Å². The van der Waals surface area contributed by atoms with E-state index >= 15 is 0 Å². The molecule has 0 saturated heterocycles. The summed E-state index contributed by atoms with van der Waals surface area (Å²) in [5.74, 6) is 3.24. The molecule has 0 spiro atoms. The summed E-state index contributed by atoms with van der Waals surface area (Å²) in [6.45, 7) is 6.70. The van der Waals surface area contributed by atoms with Crippen molar-refractivity contribution in [2.24, 2.45) is 0 Å². The highest BCUT2D eigenvalue weighted by molar-refractivity contribution is 8.13. The monoisotopic (exact) mass is 260 g/mol. The summed E-state index contributed by atoms with van der Waals surface area (Å²) in [5, 5.41) is 0.271. The average Bonchev–Trinajstić information content (AvgIpc) is 2.24. The van der Waals surface area contributed by atoms with Crippen molar-refractivity contribution in [2.75, 3.05) is 0 Å². The molecular formula is C14H16OSSi. The van der Waals surface area contributed by atoms with Gasteiger partial charge in [0.15, 0.2) is 5.12 Å². The number of thioether (sulfide) groups is 1. The molecule has 0 atom stereocenters. The molecule has 0 unspecified atom stereocenters. The second kappa shape index (κ2) is 4.71. The summed E-state index contributed by atoms with van der Waals surface area (Å²) in [6.07, 6.45) is 1.54. The van der Waals surface area contributed by atoms with E-state index in [1.165, 1.54) is 17.3 Å². The van der Waals surface area contributed by atoms with Gasteiger partial charge in [0.2, 0.25) is 0 Å². The first-order chi connectivity index (χ1) is 7.94. The Hall–Kier alpha value is -0.983. The molecule has 0 bridgehead atoms. The number of benzene rings is 1. The van der Waals surface area contributed by atoms with Crippen molar-refractivity contribution < 1.29 is 4.79 Å². The maximum Gasteiger partial charge on any atom is 0.194 e. The molecule has 0 amide bonds. The maximum absolute atomic E-state index is 11.4. The number of aryl methyl sites for hydroxylation is 1. The zero-order chi connectivity index (χ0) is 12.5. The third kappa shape index (κ3) is 3.49. The summed E-state index contributed by atoms with van der Waals surface area (Å²) in [5.41, 5.74) is 5.67. The molecular weight excluding hydrogens is 244 g/mol. The van der Waals surface area contributed by atoms with Crippen molar-refractivity contribution in [1.29, 1.82) is 0 Å². The fraction of sp³-hybridized carbons (Fsp3) is 0.357. The molecule has 1 aliphatic rings. The Bertz CT molecular complexity index is 517. The molecule has 0 saturated carbocycles. The van der Waals surface area contributed by atoms with Gasteiger partial charge in [-0.2, -0.15) is 0 Å². The van der Waals surface area contributed by atoms with E-state index in [-0.39, 0.29) is 5.12 Å². The molecule has 0 aliphatic carbocycles. The number of carbonyl (C=O) groups is 1. The molecule has 17 heavy (non-hydrogen) atoms. The van der Waals surface area contributed by atoms with Crippen molar-refractivity contribution in [3.05, 3.63) is 29.3 Å². The summed E-state index contributed by atoms with van der Waals surface area (Å²) >= 11 is 1.36. The first-order valence-corrected chi connectivity index (χ1v) is 10.1. The first-order valence-electron chi connectivity index (χ1n) is 5.81. The zero-order valence-electron chi connectivity index (χ0n) is 10.5. The predicted octanol–water partition coefficient (Wildman–Crippen LogP) is 3.48. The standard InChI is InChI=1S/C14H16OSSi/c1-17(2,3)9-8-11-4-5-12-6-7-14(15)16-13(12)10-11/h4-5,10H,6-7H2,1-3H3. The van der Waals surface area contributed by atoms with Crippen LogP contribution in [0.1, 0.15) is 17.5 Å². The summed E-state index contributed by atoms with van der Waals surface area (Å²) < 4.78 is 0. The van der Waals surface area contributed by atoms with Gasteiger partial charge in [0.1, 0.15) is 8.07 Å². The fourth-order valence-electron chi connectivity index (χ4n) is 1.60. The number of carbonyl (C=O) groups excluding carboxylic acids is 1. The van der Waals surface area contributed by atoms with Crippen molar-refractivity contribution in [3.8, 4) is 11.5 Å². The van der Waals surface area contributed by atoms with E-state index in [1.807, 2.05) is 0 Å². The fourth-order valence-corrected chi connectivity index (χ4v) is 3.06. The van der Waals surface area contributed by atoms with Crippen LogP contribution in [0.5, 0.6) is 0 Å². The van der Waals surface area contributed by atoms with Gasteiger partial charge in [0, 0.05) is 16.9 Å². The van der Waals surface area contributed by atoms with Crippen LogP contribution >= 0.6 is 11.8 Å². The Balaban J connectivity index is 2.29. The van der Waals surface area contributed by atoms with Crippen LogP contribution in [0.4, 0.5) is 0 Å². The van der Waals surface area contributed by atoms with E-state index in [0.29, 0.717) is 6.42 Å². The van der Waals surface area contributed by atoms with E-state index in [9.17, 15) is 4.79 Å². The summed E-state index contributed by atoms with van der Waals surface area (Å²) in [4.78, 5) is 12.5. The van der Waals surface area contributed by atoms with Crippen molar-refractivity contribution in [1.82, 2.24) is 0 Å². The highest BCUT2D eigenvalue weighted by Crippen LogP contribution is 2.31. The smallest absolute Gasteiger partial charge is 0.194 e. The molecule has 0 N–H and O–H groups in total. The molecule has 1 aliphatic heterocycles. The minimum Gasteiger partial charge on any atom is -0.287 e. The summed E-state index contributed by atoms with van der Waals surface area (Å²) in [6, 6.07) is 6.25. The lowest BCUT2D eigenvalue weighted by molar-refractivity contribution is -0.111. The number of hydrogen-bond donors (Lipinski definition) is 0. The second-order valence-electron chi connectivity index (χ2n) is 5.30. The Morgan fingerprint density at radius 2 is 2.00 bits per heavy atom. The second-order valence-corrected chi connectivity index (χ2v) is 11.1. The predicted molar refractivity (Wildman–Crippen MR) is 75.9 cm³/mol. The Labute approximate surface area is 108 Å². The van der Waals surface area contributed by atoms with Crippen molar-refractivity contribution in [2.45, 2.75) is 37.4 Å². The molecule has 0 fully saturated rings. The minimum atomic E-state index is -1.32. The van der Waals surface area contributed by atoms with E-state index in [1.54, 1.807) is 0 Å². The van der Waals surface area contributed by atoms with Gasteiger partial charge in [-0.1, -0.05) is 43.4 Å². The molecule has 1 nitrogen and oxygen atoms in total. The lowest BCUT2D eigenvalue weighted by atomic mass is 10.1. The van der Waals surface area contributed by atoms with E-state index in [4.69, 9.17) is 0 Å². The molecule has 0 aromatic heterocycles. The molecule has 1 heterocycles. The van der Waals surface area contributed by atoms with Crippen LogP contribution in [-0.4, -0.2) is 13.2 Å². The molecule has 88 valence electrons. The average molecular weight is 260 g/mol. The largest absolute Gasteiger partial charge is 0.287 e. The van der Waals surface area contributed by atoms with Crippen LogP contribution < -0.4 is 0 Å². The number of rotatable bonds is 0. The maximum atomic E-state index is 11.4. The molecule has 3 heteroatoms. The molecule has 1 aromatic carbocycles. The van der Waals surface area contributed by atoms with Gasteiger partial charge in [0.05, 0.1) is 0 Å². The van der Waals surface area contributed by atoms with E-state index in [2.05, 4.69) is 49.3 Å². The van der Waals surface area contributed by atoms with Crippen molar-refractivity contribution in [3.63, 3.8) is 0 Å². The van der Waals surface area contributed by atoms with Crippen LogP contribution in [0.15, 0.2) is 23.1 Å². The summed E-state index contributed by atoms with van der Waals surface area (Å²) in [7, 11) is -1.32. The van der Waals surface area contributed by atoms with Gasteiger partial charge < -0.3 is 0 Å². The van der Waals surface area contributed by atoms with Crippen LogP contribution in [0.2, 0.25) is 19.6 Å². The third-order valence-corrected chi connectivity index (χ3v) is 4.38. The lowest BCUT2D eigenvalue weighted by Gasteiger charge is -2.13. The highest BCUT2D eigenvalue weighted by Gasteiger charge is 2.16. The van der Waals surface area contributed by atoms with E-state index in [0.717, 1.165) is 16.9 Å². The van der Waals surface area contributed by atoms with Gasteiger partial charge in [-0.05, 0) is 24.1 Å². The third-order valence-electron chi connectivity index (χ3n) is 2.47. The first kappa shape index (κ1) is 12.5. The van der Waals surface area contributed by atoms with Gasteiger partial charge in [-0.3, -0.25) is 4.79 Å². The number of hydrogen-bond acceptors (Lipinski definition) is 2. The zero-order valence-corrected chi connectivity index (χ0v) is 12.3. The van der Waals surface area contributed by atoms with Crippen LogP contribution in [-0.2, 0) is 11.2 Å². The molecule has 0 radical (unpaired) electrons. The van der Waals surface area contributed by atoms with Crippen molar-refractivity contribution >= 4 is 25.0 Å². The van der Waals surface area contributed by atoms with Gasteiger partial charge in [0.25, 0.3) is 0 Å². The van der Waals surface area contributed by atoms with E-state index < -0.39 is 8.07 Å². The van der Waals surface area contributed by atoms with Crippen LogP contribution in [0, 0.1) is 11.5 Å². The quantitative estimate of drug-likeness (QED) is 0.525. The molecule has 2 rings (SSSR count). The van der Waals surface area contributed by atoms with Crippen LogP contribution in [0.25, 0.3) is 0 Å². The normalized spacial score (nSPS) is 14.9. The Kier molecular flexibility index (Phi) is 3.46. The van der Waals surface area contributed by atoms with Crippen LogP contribution in [0.3, 0.4) is 0 Å². The van der Waals surface area contributed by atoms with Gasteiger partial charge in [-0.15, -0.1) is 5.54 Å².